The van der Waals surface area contributed by atoms with Crippen LogP contribution in [0.3, 0.4) is 0 Å². The van der Waals surface area contributed by atoms with Crippen LogP contribution in [0.2, 0.25) is 0 Å². The Hall–Kier alpha value is -4.44. The van der Waals surface area contributed by atoms with Gasteiger partial charge in [0.15, 0.2) is 5.54 Å². The summed E-state index contributed by atoms with van der Waals surface area (Å²) in [5.41, 5.74) is 0.295. The van der Waals surface area contributed by atoms with Crippen molar-refractivity contribution in [3.05, 3.63) is 82.9 Å². The molecule has 0 spiro atoms. The predicted octanol–water partition coefficient (Wildman–Crippen LogP) is 4.09. The lowest BCUT2D eigenvalue weighted by molar-refractivity contribution is -0.142. The topological polar surface area (TPSA) is 123 Å². The molecule has 3 aromatic rings. The minimum absolute atomic E-state index is 0.102. The first-order valence-corrected chi connectivity index (χ1v) is 17.7. The largest absolute Gasteiger partial charge is 0.497 e. The van der Waals surface area contributed by atoms with Crippen molar-refractivity contribution < 1.29 is 27.5 Å². The molecule has 0 radical (unpaired) electrons. The van der Waals surface area contributed by atoms with E-state index in [1.165, 1.54) is 55.5 Å². The highest BCUT2D eigenvalue weighted by molar-refractivity contribution is 7.93. The van der Waals surface area contributed by atoms with Crippen molar-refractivity contribution in [3.63, 3.8) is 0 Å². The summed E-state index contributed by atoms with van der Waals surface area (Å²) in [7, 11) is 1.88. The highest BCUT2D eigenvalue weighted by atomic mass is 32.2. The summed E-state index contributed by atoms with van der Waals surface area (Å²) in [6.45, 7) is 3.03. The van der Waals surface area contributed by atoms with Crippen molar-refractivity contribution in [1.82, 2.24) is 14.7 Å². The van der Waals surface area contributed by atoms with Crippen LogP contribution in [0.15, 0.2) is 65.6 Å². The summed E-state index contributed by atoms with van der Waals surface area (Å²) in [4.78, 5) is 35.0. The average Bonchev–Trinajstić information content (AvgIpc) is 3.71. The zero-order valence-corrected chi connectivity index (χ0v) is 28.6. The second-order valence-electron chi connectivity index (χ2n) is 12.8. The molecule has 48 heavy (non-hydrogen) atoms. The number of carbonyl (C=O) groups is 2. The number of nitriles is 1. The summed E-state index contributed by atoms with van der Waals surface area (Å²) < 4.78 is 41.2. The van der Waals surface area contributed by atoms with E-state index in [1.54, 1.807) is 20.2 Å². The van der Waals surface area contributed by atoms with Gasteiger partial charge in [-0.15, -0.1) is 0 Å². The third kappa shape index (κ3) is 5.49. The van der Waals surface area contributed by atoms with E-state index in [0.29, 0.717) is 48.6 Å². The number of sulfonamides is 1. The Kier molecular flexibility index (Phi) is 9.22. The Balaban J connectivity index is 1.63. The Morgan fingerprint density at radius 1 is 0.938 bits per heavy atom. The lowest BCUT2D eigenvalue weighted by Gasteiger charge is -2.47. The molecule has 1 unspecified atom stereocenters. The summed E-state index contributed by atoms with van der Waals surface area (Å²) >= 11 is 0. The number of piperidine rings is 1. The van der Waals surface area contributed by atoms with Crippen LogP contribution in [-0.2, 0) is 31.7 Å². The Morgan fingerprint density at radius 2 is 1.65 bits per heavy atom. The molecule has 2 saturated heterocycles. The number of rotatable bonds is 9. The van der Waals surface area contributed by atoms with E-state index in [0.717, 1.165) is 42.2 Å². The Labute approximate surface area is 282 Å². The molecule has 3 heterocycles. The van der Waals surface area contributed by atoms with Gasteiger partial charge in [-0.05, 0) is 92.9 Å². The van der Waals surface area contributed by atoms with Crippen LogP contribution in [0.1, 0.15) is 54.4 Å². The van der Waals surface area contributed by atoms with Gasteiger partial charge in [-0.1, -0.05) is 18.6 Å². The number of likely N-dealkylation sites (N-methyl/N-ethyl adjacent to an activating group) is 1. The van der Waals surface area contributed by atoms with Crippen molar-refractivity contribution in [1.29, 1.82) is 5.26 Å². The molecule has 3 aliphatic heterocycles. The van der Waals surface area contributed by atoms with Crippen LogP contribution in [0.25, 0.3) is 0 Å². The smallest absolute Gasteiger partial charge is 0.271 e. The first kappa shape index (κ1) is 33.5. The third-order valence-electron chi connectivity index (χ3n) is 9.75. The van der Waals surface area contributed by atoms with Gasteiger partial charge in [-0.25, -0.2) is 12.7 Å². The number of benzene rings is 3. The monoisotopic (exact) mass is 671 g/mol. The van der Waals surface area contributed by atoms with Gasteiger partial charge < -0.3 is 14.4 Å². The van der Waals surface area contributed by atoms with Crippen LogP contribution < -0.4 is 13.8 Å². The van der Waals surface area contributed by atoms with Crippen molar-refractivity contribution in [2.24, 2.45) is 0 Å². The lowest BCUT2D eigenvalue weighted by atomic mass is 9.78. The van der Waals surface area contributed by atoms with Gasteiger partial charge in [0.25, 0.3) is 15.9 Å². The van der Waals surface area contributed by atoms with Crippen molar-refractivity contribution >= 4 is 27.5 Å². The van der Waals surface area contributed by atoms with Crippen LogP contribution in [0.5, 0.6) is 11.5 Å². The molecular formula is C36H41N5O6S. The number of hydrogen-bond donors (Lipinski definition) is 0. The first-order chi connectivity index (χ1) is 23.1. The molecule has 2 amide bonds. The van der Waals surface area contributed by atoms with E-state index in [1.807, 2.05) is 23.1 Å². The molecule has 0 aromatic heterocycles. The summed E-state index contributed by atoms with van der Waals surface area (Å²) in [6, 6.07) is 17.6. The minimum Gasteiger partial charge on any atom is -0.497 e. The van der Waals surface area contributed by atoms with E-state index >= 15 is 4.79 Å². The van der Waals surface area contributed by atoms with E-state index in [4.69, 9.17) is 9.47 Å². The maximum atomic E-state index is 15.5. The molecule has 0 bridgehead atoms. The fraction of sp³-hybridized carbons (Fsp3) is 0.417. The average molecular weight is 672 g/mol. The highest BCUT2D eigenvalue weighted by Gasteiger charge is 2.62. The zero-order chi connectivity index (χ0) is 34.2. The number of anilines is 1. The van der Waals surface area contributed by atoms with Gasteiger partial charge in [-0.3, -0.25) is 19.4 Å². The molecule has 2 fully saturated rings. The van der Waals surface area contributed by atoms with E-state index in [-0.39, 0.29) is 22.1 Å². The maximum absolute atomic E-state index is 15.5. The van der Waals surface area contributed by atoms with Crippen LogP contribution in [0, 0.1) is 11.3 Å². The molecule has 11 nitrogen and oxygen atoms in total. The third-order valence-corrected chi connectivity index (χ3v) is 11.5. The number of carbonyl (C=O) groups excluding carboxylic acids is 2. The normalized spacial score (nSPS) is 21.5. The molecule has 0 N–H and O–H groups in total. The highest BCUT2D eigenvalue weighted by Crippen LogP contribution is 2.54. The molecule has 6 rings (SSSR count). The molecule has 0 aliphatic carbocycles. The van der Waals surface area contributed by atoms with Gasteiger partial charge >= 0.3 is 0 Å². The molecule has 0 saturated carbocycles. The van der Waals surface area contributed by atoms with Gasteiger partial charge in [0.05, 0.1) is 42.5 Å². The molecule has 3 aliphatic rings. The van der Waals surface area contributed by atoms with Crippen LogP contribution >= 0.6 is 0 Å². The predicted molar refractivity (Wildman–Crippen MR) is 180 cm³/mol. The fourth-order valence-electron chi connectivity index (χ4n) is 7.45. The Bertz CT molecular complexity index is 1870. The van der Waals surface area contributed by atoms with E-state index in [9.17, 15) is 18.5 Å². The second kappa shape index (κ2) is 13.2. The minimum atomic E-state index is -4.49. The van der Waals surface area contributed by atoms with Crippen molar-refractivity contribution in [3.8, 4) is 17.6 Å². The number of ether oxygens (including phenoxy) is 2. The molecule has 252 valence electrons. The molecule has 2 atom stereocenters. The molecular weight excluding hydrogens is 630 g/mol. The number of hydrogen-bond acceptors (Lipinski definition) is 9. The number of methoxy groups -OCH3 is 2. The van der Waals surface area contributed by atoms with Gasteiger partial charge in [0.1, 0.15) is 11.5 Å². The summed E-state index contributed by atoms with van der Waals surface area (Å²) in [5.74, 6) is -0.0840. The van der Waals surface area contributed by atoms with Gasteiger partial charge in [0, 0.05) is 38.3 Å². The summed E-state index contributed by atoms with van der Waals surface area (Å²) in [5, 5.41) is 10.0. The molecule has 12 heteroatoms. The zero-order valence-electron chi connectivity index (χ0n) is 27.8. The van der Waals surface area contributed by atoms with Crippen molar-refractivity contribution in [2.45, 2.75) is 55.1 Å². The number of nitrogens with zero attached hydrogens (tertiary/aromatic N) is 5. The standard InChI is InChI=1S/C36H41N5O6S/c1-38(2)34(42)32-9-5-6-20-40(32)36(29-16-10-26(22-33(29)47-4)24-39-18-7-8-19-39)30-21-25(23-37)11-17-31(30)41(35(36)43)48(44,45)28-14-12-27(46-3)13-15-28/h10-17,21-22,32H,5-9,18-20,24H2,1-4H3/t32-,36?/m0/s1. The fourth-order valence-corrected chi connectivity index (χ4v) is 8.91. The molecule has 3 aromatic carbocycles. The van der Waals surface area contributed by atoms with Gasteiger partial charge in [-0.2, -0.15) is 5.26 Å². The van der Waals surface area contributed by atoms with Crippen LogP contribution in [-0.4, -0.2) is 88.9 Å². The number of fused-ring (bicyclic) bond motifs is 1. The SMILES string of the molecule is COc1ccc(S(=O)(=O)N2C(=O)C(c3ccc(CN4CCCC4)cc3OC)(N3CCCC[C@H]3C(=O)N(C)C)c3cc(C#N)ccc32)cc1. The first-order valence-electron chi connectivity index (χ1n) is 16.2. The Morgan fingerprint density at radius 3 is 2.29 bits per heavy atom. The number of likely N-dealkylation sites (tertiary alicyclic amines) is 2. The van der Waals surface area contributed by atoms with Crippen LogP contribution in [0.4, 0.5) is 5.69 Å². The van der Waals surface area contributed by atoms with Gasteiger partial charge in [0.2, 0.25) is 5.91 Å². The van der Waals surface area contributed by atoms with Crippen molar-refractivity contribution in [2.75, 3.05) is 52.3 Å². The lowest BCUT2D eigenvalue weighted by Crippen LogP contribution is -2.62. The quantitative estimate of drug-likeness (QED) is 0.331. The van der Waals surface area contributed by atoms with E-state index < -0.39 is 27.5 Å². The maximum Gasteiger partial charge on any atom is 0.271 e. The van der Waals surface area contributed by atoms with E-state index in [2.05, 4.69) is 11.0 Å². The second-order valence-corrected chi connectivity index (χ2v) is 14.5. The summed E-state index contributed by atoms with van der Waals surface area (Å²) in [6.07, 6.45) is 4.19. The number of amides is 2.